The molecule has 0 spiro atoms. The predicted octanol–water partition coefficient (Wildman–Crippen LogP) is 5.49. The molecule has 1 fully saturated rings. The van der Waals surface area contributed by atoms with Crippen LogP contribution in [0.3, 0.4) is 0 Å². The zero-order valence-electron chi connectivity index (χ0n) is 18.3. The largest absolute Gasteiger partial charge is 0.343 e. The van der Waals surface area contributed by atoms with Gasteiger partial charge in [-0.3, -0.25) is 9.59 Å². The van der Waals surface area contributed by atoms with Crippen LogP contribution in [0.1, 0.15) is 52.7 Å². The normalized spacial score (nSPS) is 14.1. The maximum absolute atomic E-state index is 13.3. The lowest BCUT2D eigenvalue weighted by atomic mass is 9.95. The number of terminal acetylenes is 1. The zero-order valence-corrected chi connectivity index (χ0v) is 19.1. The van der Waals surface area contributed by atoms with Gasteiger partial charge in [0.1, 0.15) is 11.5 Å². The minimum atomic E-state index is -0.287. The molecular formula is C27H25FN2O2S. The van der Waals surface area contributed by atoms with Crippen LogP contribution in [0.4, 0.5) is 4.39 Å². The van der Waals surface area contributed by atoms with Gasteiger partial charge in [0.05, 0.1) is 5.01 Å². The van der Waals surface area contributed by atoms with Gasteiger partial charge in [0.2, 0.25) is 5.91 Å². The first-order valence-corrected chi connectivity index (χ1v) is 12.0. The second-order valence-corrected chi connectivity index (χ2v) is 9.08. The van der Waals surface area contributed by atoms with Crippen molar-refractivity contribution in [1.29, 1.82) is 0 Å². The van der Waals surface area contributed by atoms with Crippen molar-refractivity contribution in [3.63, 3.8) is 0 Å². The number of thiazole rings is 1. The number of halogens is 1. The molecule has 0 radical (unpaired) electrons. The highest BCUT2D eigenvalue weighted by atomic mass is 32.1. The first-order chi connectivity index (χ1) is 16.0. The summed E-state index contributed by atoms with van der Waals surface area (Å²) in [5.74, 6) is 2.57. The smallest absolute Gasteiger partial charge is 0.223 e. The molecule has 2 heterocycles. The predicted molar refractivity (Wildman–Crippen MR) is 129 cm³/mol. The van der Waals surface area contributed by atoms with E-state index in [2.05, 4.69) is 10.9 Å². The molecule has 33 heavy (non-hydrogen) atoms. The van der Waals surface area contributed by atoms with E-state index in [0.29, 0.717) is 31.6 Å². The number of rotatable bonds is 7. The van der Waals surface area contributed by atoms with Crippen molar-refractivity contribution >= 4 is 23.0 Å². The van der Waals surface area contributed by atoms with E-state index < -0.39 is 0 Å². The fourth-order valence-electron chi connectivity index (χ4n) is 4.17. The van der Waals surface area contributed by atoms with Crippen LogP contribution in [0.5, 0.6) is 0 Å². The van der Waals surface area contributed by atoms with Crippen molar-refractivity contribution in [3.05, 3.63) is 76.0 Å². The Morgan fingerprint density at radius 1 is 1.12 bits per heavy atom. The van der Waals surface area contributed by atoms with E-state index in [9.17, 15) is 14.0 Å². The van der Waals surface area contributed by atoms with Gasteiger partial charge in [0.25, 0.3) is 0 Å². The summed E-state index contributed by atoms with van der Waals surface area (Å²) in [6.45, 7) is 1.39. The summed E-state index contributed by atoms with van der Waals surface area (Å²) in [6.07, 6.45) is 8.05. The Kier molecular flexibility index (Phi) is 7.31. The summed E-state index contributed by atoms with van der Waals surface area (Å²) in [6, 6.07) is 14.0. The van der Waals surface area contributed by atoms with Crippen molar-refractivity contribution in [2.45, 2.75) is 38.0 Å². The maximum atomic E-state index is 13.3. The van der Waals surface area contributed by atoms with Gasteiger partial charge >= 0.3 is 0 Å². The van der Waals surface area contributed by atoms with Crippen molar-refractivity contribution in [3.8, 4) is 23.5 Å². The monoisotopic (exact) mass is 460 g/mol. The van der Waals surface area contributed by atoms with Crippen LogP contribution in [0, 0.1) is 18.2 Å². The van der Waals surface area contributed by atoms with Gasteiger partial charge in [0.15, 0.2) is 5.78 Å². The number of ketones is 1. The Morgan fingerprint density at radius 3 is 2.58 bits per heavy atom. The van der Waals surface area contributed by atoms with Gasteiger partial charge in [-0.05, 0) is 41.7 Å². The quantitative estimate of drug-likeness (QED) is 0.346. The number of likely N-dealkylation sites (tertiary alicyclic amines) is 1. The number of aromatic nitrogens is 1. The fraction of sp³-hybridized carbons (Fsp3) is 0.296. The average molecular weight is 461 g/mol. The molecule has 0 atom stereocenters. The molecule has 1 amide bonds. The number of carbonyl (C=O) groups is 2. The second kappa shape index (κ2) is 10.5. The van der Waals surface area contributed by atoms with Gasteiger partial charge < -0.3 is 4.90 Å². The Labute approximate surface area is 197 Å². The third kappa shape index (κ3) is 5.55. The van der Waals surface area contributed by atoms with Gasteiger partial charge in [0, 0.05) is 43.6 Å². The number of piperidine rings is 1. The molecule has 3 aromatic rings. The molecule has 1 aliphatic heterocycles. The van der Waals surface area contributed by atoms with Crippen LogP contribution >= 0.6 is 11.3 Å². The Balaban J connectivity index is 1.40. The van der Waals surface area contributed by atoms with Crippen molar-refractivity contribution < 1.29 is 14.0 Å². The molecule has 0 bridgehead atoms. The minimum Gasteiger partial charge on any atom is -0.343 e. The third-order valence-corrected chi connectivity index (χ3v) is 7.02. The van der Waals surface area contributed by atoms with E-state index in [-0.39, 0.29) is 29.8 Å². The molecule has 0 aliphatic carbocycles. The van der Waals surface area contributed by atoms with Crippen LogP contribution < -0.4 is 0 Å². The van der Waals surface area contributed by atoms with Crippen molar-refractivity contribution in [2.75, 3.05) is 13.1 Å². The lowest BCUT2D eigenvalue weighted by Gasteiger charge is -2.31. The average Bonchev–Trinajstić information content (AvgIpc) is 3.34. The molecule has 4 rings (SSSR count). The second-order valence-electron chi connectivity index (χ2n) is 8.19. The number of benzene rings is 2. The van der Waals surface area contributed by atoms with E-state index in [1.165, 1.54) is 23.5 Å². The van der Waals surface area contributed by atoms with Crippen molar-refractivity contribution in [1.82, 2.24) is 9.88 Å². The van der Waals surface area contributed by atoms with Gasteiger partial charge in [-0.25, -0.2) is 9.37 Å². The SMILES string of the molecule is C#CCCC(=O)N1CCC(c2nc(C(=O)Cc3ccccc3-c3ccc(F)cc3)cs2)CC1. The molecule has 1 aromatic heterocycles. The molecule has 4 nitrogen and oxygen atoms in total. The van der Waals surface area contributed by atoms with E-state index in [1.807, 2.05) is 34.5 Å². The number of hydrogen-bond donors (Lipinski definition) is 0. The van der Waals surface area contributed by atoms with E-state index in [0.717, 1.165) is 34.5 Å². The number of amides is 1. The van der Waals surface area contributed by atoms with E-state index >= 15 is 0 Å². The zero-order chi connectivity index (χ0) is 23.2. The molecule has 0 N–H and O–H groups in total. The Hall–Kier alpha value is -3.30. The van der Waals surface area contributed by atoms with Crippen LogP contribution in [0.2, 0.25) is 0 Å². The highest BCUT2D eigenvalue weighted by Crippen LogP contribution is 2.31. The molecule has 6 heteroatoms. The first-order valence-electron chi connectivity index (χ1n) is 11.1. The number of nitrogens with zero attached hydrogens (tertiary/aromatic N) is 2. The summed E-state index contributed by atoms with van der Waals surface area (Å²) in [5, 5.41) is 2.80. The summed E-state index contributed by atoms with van der Waals surface area (Å²) in [4.78, 5) is 31.7. The summed E-state index contributed by atoms with van der Waals surface area (Å²) in [5.41, 5.74) is 3.17. The summed E-state index contributed by atoms with van der Waals surface area (Å²) < 4.78 is 13.3. The van der Waals surface area contributed by atoms with Gasteiger partial charge in [-0.2, -0.15) is 0 Å². The van der Waals surface area contributed by atoms with Crippen LogP contribution in [0.25, 0.3) is 11.1 Å². The topological polar surface area (TPSA) is 50.3 Å². The molecular weight excluding hydrogens is 435 g/mol. The highest BCUT2D eigenvalue weighted by molar-refractivity contribution is 7.09. The summed E-state index contributed by atoms with van der Waals surface area (Å²) in [7, 11) is 0. The lowest BCUT2D eigenvalue weighted by Crippen LogP contribution is -2.37. The van der Waals surface area contributed by atoms with E-state index in [1.54, 1.807) is 12.1 Å². The van der Waals surface area contributed by atoms with Crippen LogP contribution in [-0.2, 0) is 11.2 Å². The number of Topliss-reactive ketones (excluding diaryl/α,β-unsaturated/α-hetero) is 1. The van der Waals surface area contributed by atoms with E-state index in [4.69, 9.17) is 6.42 Å². The molecule has 168 valence electrons. The maximum Gasteiger partial charge on any atom is 0.223 e. The molecule has 1 saturated heterocycles. The standard InChI is InChI=1S/C27H25FN2O2S/c1-2-3-8-26(32)30-15-13-20(14-16-30)27-29-24(18-33-27)25(31)17-21-6-4-5-7-23(21)19-9-11-22(28)12-10-19/h1,4-7,9-12,18,20H,3,8,13-17H2. The third-order valence-electron chi connectivity index (χ3n) is 6.01. The van der Waals surface area contributed by atoms with Crippen molar-refractivity contribution in [2.24, 2.45) is 0 Å². The molecule has 0 unspecified atom stereocenters. The fourth-order valence-corrected chi connectivity index (χ4v) is 5.16. The van der Waals surface area contributed by atoms with Gasteiger partial charge in [-0.1, -0.05) is 36.4 Å². The highest BCUT2D eigenvalue weighted by Gasteiger charge is 2.26. The Bertz CT molecular complexity index is 1170. The van der Waals surface area contributed by atoms with Crippen LogP contribution in [0.15, 0.2) is 53.9 Å². The molecule has 1 aliphatic rings. The minimum absolute atomic E-state index is 0.0334. The first kappa shape index (κ1) is 22.9. The lowest BCUT2D eigenvalue weighted by molar-refractivity contribution is -0.132. The summed E-state index contributed by atoms with van der Waals surface area (Å²) >= 11 is 1.52. The molecule has 2 aromatic carbocycles. The van der Waals surface area contributed by atoms with Gasteiger partial charge in [-0.15, -0.1) is 23.7 Å². The number of hydrogen-bond acceptors (Lipinski definition) is 4. The van der Waals surface area contributed by atoms with Crippen LogP contribution in [-0.4, -0.2) is 34.7 Å². The Morgan fingerprint density at radius 2 is 1.85 bits per heavy atom. The molecule has 0 saturated carbocycles. The number of carbonyl (C=O) groups excluding carboxylic acids is 2.